The van der Waals surface area contributed by atoms with Gasteiger partial charge in [-0.25, -0.2) is 9.07 Å². The fourth-order valence-electron chi connectivity index (χ4n) is 3.14. The van der Waals surface area contributed by atoms with E-state index >= 15 is 0 Å². The first-order valence-electron chi connectivity index (χ1n) is 8.18. The van der Waals surface area contributed by atoms with Crippen LogP contribution in [0.5, 0.6) is 0 Å². The molecule has 1 aliphatic rings. The van der Waals surface area contributed by atoms with Gasteiger partial charge in [-0.05, 0) is 61.2 Å². The van der Waals surface area contributed by atoms with Crippen molar-refractivity contribution in [2.24, 2.45) is 0 Å². The third-order valence-corrected chi connectivity index (χ3v) is 4.33. The van der Waals surface area contributed by atoms with Crippen LogP contribution in [0.25, 0.3) is 22.4 Å². The van der Waals surface area contributed by atoms with Crippen LogP contribution in [0.2, 0.25) is 0 Å². The van der Waals surface area contributed by atoms with E-state index in [0.29, 0.717) is 0 Å². The Morgan fingerprint density at radius 2 is 1.79 bits per heavy atom. The minimum atomic E-state index is -0.246. The van der Waals surface area contributed by atoms with Gasteiger partial charge in [-0.15, -0.1) is 0 Å². The van der Waals surface area contributed by atoms with E-state index in [9.17, 15) is 4.39 Å². The normalized spacial score (nSPS) is 17.8. The van der Waals surface area contributed by atoms with Crippen LogP contribution in [0.4, 0.5) is 4.39 Å². The Labute approximate surface area is 139 Å². The summed E-state index contributed by atoms with van der Waals surface area (Å²) in [5, 5.41) is 4.59. The van der Waals surface area contributed by atoms with Gasteiger partial charge in [-0.2, -0.15) is 5.10 Å². The van der Waals surface area contributed by atoms with Crippen LogP contribution in [0.3, 0.4) is 0 Å². The zero-order valence-corrected chi connectivity index (χ0v) is 13.2. The molecule has 0 bridgehead atoms. The van der Waals surface area contributed by atoms with E-state index < -0.39 is 0 Å². The first kappa shape index (κ1) is 15.0. The maximum absolute atomic E-state index is 13.4. The summed E-state index contributed by atoms with van der Waals surface area (Å²) in [6.45, 7) is 0.748. The average molecular weight is 323 g/mol. The minimum Gasteiger partial charge on any atom is -0.356 e. The summed E-state index contributed by atoms with van der Waals surface area (Å²) in [5.41, 5.74) is 3.91. The summed E-state index contributed by atoms with van der Waals surface area (Å²) in [7, 11) is 0. The van der Waals surface area contributed by atoms with Crippen LogP contribution in [-0.4, -0.2) is 21.4 Å². The van der Waals surface area contributed by atoms with Crippen molar-refractivity contribution >= 4 is 0 Å². The molecule has 3 aromatic rings. The van der Waals surface area contributed by atoms with Crippen LogP contribution in [-0.2, 0) is 4.74 Å². The second kappa shape index (κ2) is 6.53. The van der Waals surface area contributed by atoms with Crippen LogP contribution in [0.15, 0.2) is 55.0 Å². The van der Waals surface area contributed by atoms with Gasteiger partial charge in [-0.1, -0.05) is 0 Å². The number of aromatic nitrogens is 3. The fourth-order valence-corrected chi connectivity index (χ4v) is 3.14. The first-order valence-corrected chi connectivity index (χ1v) is 8.18. The molecule has 122 valence electrons. The maximum Gasteiger partial charge on any atom is 0.150 e. The summed E-state index contributed by atoms with van der Waals surface area (Å²) >= 11 is 0. The first-order chi connectivity index (χ1) is 11.8. The van der Waals surface area contributed by atoms with Crippen LogP contribution in [0, 0.1) is 5.82 Å². The van der Waals surface area contributed by atoms with Crippen LogP contribution >= 0.6 is 0 Å². The molecule has 4 rings (SSSR count). The Morgan fingerprint density at radius 3 is 2.50 bits per heavy atom. The molecule has 1 saturated heterocycles. The molecular weight excluding hydrogens is 305 g/mol. The van der Waals surface area contributed by atoms with Gasteiger partial charge in [0.05, 0.1) is 11.9 Å². The van der Waals surface area contributed by atoms with Crippen molar-refractivity contribution in [3.05, 3.63) is 60.8 Å². The molecule has 1 atom stereocenters. The smallest absolute Gasteiger partial charge is 0.150 e. The van der Waals surface area contributed by atoms with Crippen LogP contribution in [0.1, 0.15) is 25.5 Å². The van der Waals surface area contributed by atoms with Crippen molar-refractivity contribution < 1.29 is 9.13 Å². The predicted molar refractivity (Wildman–Crippen MR) is 89.7 cm³/mol. The molecule has 0 radical (unpaired) electrons. The van der Waals surface area contributed by atoms with Gasteiger partial charge in [0, 0.05) is 30.1 Å². The third-order valence-electron chi connectivity index (χ3n) is 4.33. The van der Waals surface area contributed by atoms with Gasteiger partial charge >= 0.3 is 0 Å². The van der Waals surface area contributed by atoms with E-state index in [4.69, 9.17) is 4.74 Å². The molecule has 4 nitrogen and oxygen atoms in total. The van der Waals surface area contributed by atoms with Gasteiger partial charge in [-0.3, -0.25) is 4.98 Å². The van der Waals surface area contributed by atoms with Gasteiger partial charge in [0.2, 0.25) is 0 Å². The fraction of sp³-hybridized carbons (Fsp3) is 0.263. The molecule has 1 unspecified atom stereocenters. The molecule has 1 fully saturated rings. The summed E-state index contributed by atoms with van der Waals surface area (Å²) < 4.78 is 21.2. The molecular formula is C19H18FN3O. The number of benzene rings is 1. The highest BCUT2D eigenvalue weighted by Gasteiger charge is 2.23. The minimum absolute atomic E-state index is 0.0746. The molecule has 1 aliphatic heterocycles. The number of pyridine rings is 1. The SMILES string of the molecule is Fc1ccc(-c2c(-c3ccncc3)cnn2C2CCCCO2)cc1. The molecule has 0 amide bonds. The topological polar surface area (TPSA) is 39.9 Å². The Hall–Kier alpha value is -2.53. The molecule has 0 spiro atoms. The van der Waals surface area contributed by atoms with Crippen molar-refractivity contribution in [3.8, 4) is 22.4 Å². The maximum atomic E-state index is 13.4. The zero-order valence-electron chi connectivity index (χ0n) is 13.2. The van der Waals surface area contributed by atoms with Crippen molar-refractivity contribution in [3.63, 3.8) is 0 Å². The summed E-state index contributed by atoms with van der Waals surface area (Å²) in [4.78, 5) is 4.08. The monoisotopic (exact) mass is 323 g/mol. The number of rotatable bonds is 3. The Bertz CT molecular complexity index is 808. The second-order valence-corrected chi connectivity index (χ2v) is 5.92. The van der Waals surface area contributed by atoms with E-state index in [1.807, 2.05) is 23.0 Å². The highest BCUT2D eigenvalue weighted by molar-refractivity contribution is 5.80. The standard InChI is InChI=1S/C19H18FN3O/c20-16-6-4-15(5-7-16)19-17(14-8-10-21-11-9-14)13-22-23(19)18-3-1-2-12-24-18/h4-11,13,18H,1-3,12H2. The largest absolute Gasteiger partial charge is 0.356 e. The number of ether oxygens (including phenoxy) is 1. The lowest BCUT2D eigenvalue weighted by Gasteiger charge is -2.25. The van der Waals surface area contributed by atoms with Crippen molar-refractivity contribution in [2.75, 3.05) is 6.61 Å². The third kappa shape index (κ3) is 2.83. The van der Waals surface area contributed by atoms with E-state index in [1.165, 1.54) is 12.1 Å². The van der Waals surface area contributed by atoms with E-state index in [0.717, 1.165) is 48.3 Å². The Kier molecular flexibility index (Phi) is 4.09. The lowest BCUT2D eigenvalue weighted by Crippen LogP contribution is -2.20. The molecule has 2 aromatic heterocycles. The van der Waals surface area contributed by atoms with Gasteiger partial charge in [0.25, 0.3) is 0 Å². The number of halogens is 1. The predicted octanol–water partition coefficient (Wildman–Crippen LogP) is 4.45. The number of nitrogens with zero attached hydrogens (tertiary/aromatic N) is 3. The summed E-state index contributed by atoms with van der Waals surface area (Å²) in [6, 6.07) is 10.4. The quantitative estimate of drug-likeness (QED) is 0.715. The Balaban J connectivity index is 1.85. The van der Waals surface area contributed by atoms with Crippen molar-refractivity contribution in [1.82, 2.24) is 14.8 Å². The molecule has 0 saturated carbocycles. The molecule has 0 aliphatic carbocycles. The van der Waals surface area contributed by atoms with E-state index in [1.54, 1.807) is 24.5 Å². The number of hydrogen-bond donors (Lipinski definition) is 0. The van der Waals surface area contributed by atoms with Crippen molar-refractivity contribution in [2.45, 2.75) is 25.5 Å². The van der Waals surface area contributed by atoms with E-state index in [-0.39, 0.29) is 12.0 Å². The number of hydrogen-bond acceptors (Lipinski definition) is 3. The zero-order chi connectivity index (χ0) is 16.4. The van der Waals surface area contributed by atoms with E-state index in [2.05, 4.69) is 10.1 Å². The highest BCUT2D eigenvalue weighted by atomic mass is 19.1. The second-order valence-electron chi connectivity index (χ2n) is 5.92. The summed E-state index contributed by atoms with van der Waals surface area (Å²) in [5.74, 6) is -0.246. The highest BCUT2D eigenvalue weighted by Crippen LogP contribution is 2.36. The van der Waals surface area contributed by atoms with Crippen molar-refractivity contribution in [1.29, 1.82) is 0 Å². The molecule has 24 heavy (non-hydrogen) atoms. The van der Waals surface area contributed by atoms with Gasteiger partial charge < -0.3 is 4.74 Å². The molecule has 3 heterocycles. The average Bonchev–Trinajstić information content (AvgIpc) is 3.09. The summed E-state index contributed by atoms with van der Waals surface area (Å²) in [6.07, 6.45) is 8.45. The van der Waals surface area contributed by atoms with Gasteiger partial charge in [0.1, 0.15) is 5.82 Å². The molecule has 0 N–H and O–H groups in total. The lowest BCUT2D eigenvalue weighted by molar-refractivity contribution is -0.0383. The van der Waals surface area contributed by atoms with Gasteiger partial charge in [0.15, 0.2) is 6.23 Å². The van der Waals surface area contributed by atoms with Crippen LogP contribution < -0.4 is 0 Å². The molecule has 5 heteroatoms. The lowest BCUT2D eigenvalue weighted by atomic mass is 10.0. The molecule has 1 aromatic carbocycles. The Morgan fingerprint density at radius 1 is 1.00 bits per heavy atom.